The summed E-state index contributed by atoms with van der Waals surface area (Å²) >= 11 is 0. The number of hydrogen-bond donors (Lipinski definition) is 1. The van der Waals surface area contributed by atoms with E-state index in [4.69, 9.17) is 4.74 Å². The Labute approximate surface area is 138 Å². The molecular formula is C18H27FN2O2. The fraction of sp³-hybridized carbons (Fsp3) is 0.611. The maximum absolute atomic E-state index is 13.8. The van der Waals surface area contributed by atoms with Crippen LogP contribution in [0.2, 0.25) is 0 Å². The minimum atomic E-state index is -0.401. The first-order valence-corrected chi connectivity index (χ1v) is 8.43. The molecule has 5 heteroatoms. The molecule has 1 aliphatic rings. The number of amides is 2. The second-order valence-corrected chi connectivity index (χ2v) is 6.30. The minimum Gasteiger partial charge on any atom is -0.494 e. The molecule has 1 aromatic rings. The normalized spacial score (nSPS) is 20.9. The predicted octanol–water partition coefficient (Wildman–Crippen LogP) is 3.94. The van der Waals surface area contributed by atoms with Crippen LogP contribution < -0.4 is 10.1 Å². The first-order chi connectivity index (χ1) is 11.0. The summed E-state index contributed by atoms with van der Waals surface area (Å²) in [5, 5.41) is 3.15. The molecule has 0 radical (unpaired) electrons. The van der Waals surface area contributed by atoms with Gasteiger partial charge in [0, 0.05) is 19.1 Å². The van der Waals surface area contributed by atoms with Crippen molar-refractivity contribution in [3.05, 3.63) is 29.6 Å². The van der Waals surface area contributed by atoms with Gasteiger partial charge in [0.25, 0.3) is 0 Å². The number of benzene rings is 1. The number of halogens is 1. The zero-order valence-electron chi connectivity index (χ0n) is 14.3. The van der Waals surface area contributed by atoms with Gasteiger partial charge in [-0.2, -0.15) is 0 Å². The van der Waals surface area contributed by atoms with E-state index in [1.807, 2.05) is 6.92 Å². The number of carbonyl (C=O) groups excluding carboxylic acids is 1. The van der Waals surface area contributed by atoms with Crippen LogP contribution in [0.1, 0.15) is 45.1 Å². The maximum Gasteiger partial charge on any atom is 0.317 e. The van der Waals surface area contributed by atoms with Crippen LogP contribution in [-0.4, -0.2) is 30.6 Å². The lowest BCUT2D eigenvalue weighted by molar-refractivity contribution is 0.182. The molecule has 23 heavy (non-hydrogen) atoms. The fourth-order valence-electron chi connectivity index (χ4n) is 3.14. The maximum atomic E-state index is 13.8. The van der Waals surface area contributed by atoms with Gasteiger partial charge in [-0.25, -0.2) is 9.18 Å². The first-order valence-electron chi connectivity index (χ1n) is 8.43. The smallest absolute Gasteiger partial charge is 0.317 e. The fourth-order valence-corrected chi connectivity index (χ4v) is 3.14. The molecule has 1 N–H and O–H groups in total. The van der Waals surface area contributed by atoms with Gasteiger partial charge in [0.05, 0.1) is 7.11 Å². The number of urea groups is 1. The van der Waals surface area contributed by atoms with Gasteiger partial charge in [-0.15, -0.1) is 0 Å². The van der Waals surface area contributed by atoms with Gasteiger partial charge < -0.3 is 15.0 Å². The van der Waals surface area contributed by atoms with Crippen molar-refractivity contribution < 1.29 is 13.9 Å². The molecule has 1 aliphatic carbocycles. The first kappa shape index (κ1) is 17.6. The Kier molecular flexibility index (Phi) is 6.25. The van der Waals surface area contributed by atoms with Crippen LogP contribution in [-0.2, 0) is 6.54 Å². The van der Waals surface area contributed by atoms with E-state index in [0.717, 1.165) is 12.0 Å². The van der Waals surface area contributed by atoms with Crippen LogP contribution in [0.25, 0.3) is 0 Å². The Morgan fingerprint density at radius 3 is 2.74 bits per heavy atom. The predicted molar refractivity (Wildman–Crippen MR) is 89.0 cm³/mol. The highest BCUT2D eigenvalue weighted by Gasteiger charge is 2.24. The zero-order chi connectivity index (χ0) is 16.8. The summed E-state index contributed by atoms with van der Waals surface area (Å²) in [5.41, 5.74) is 0.761. The molecule has 2 amide bonds. The molecule has 0 aliphatic heterocycles. The quantitative estimate of drug-likeness (QED) is 0.892. The monoisotopic (exact) mass is 322 g/mol. The minimum absolute atomic E-state index is 0.0672. The van der Waals surface area contributed by atoms with Gasteiger partial charge in [0.2, 0.25) is 0 Å². The molecule has 128 valence electrons. The third kappa shape index (κ3) is 4.60. The summed E-state index contributed by atoms with van der Waals surface area (Å²) < 4.78 is 18.7. The topological polar surface area (TPSA) is 41.6 Å². The van der Waals surface area contributed by atoms with Crippen molar-refractivity contribution in [3.8, 4) is 5.75 Å². The average Bonchev–Trinajstić information content (AvgIpc) is 2.54. The summed E-state index contributed by atoms with van der Waals surface area (Å²) in [6.45, 7) is 5.11. The molecule has 1 fully saturated rings. The summed E-state index contributed by atoms with van der Waals surface area (Å²) in [6, 6.07) is 5.00. The number of nitrogens with zero attached hydrogens (tertiary/aromatic N) is 1. The van der Waals surface area contributed by atoms with E-state index in [9.17, 15) is 9.18 Å². The second-order valence-electron chi connectivity index (χ2n) is 6.30. The van der Waals surface area contributed by atoms with E-state index >= 15 is 0 Å². The number of ether oxygens (including phenoxy) is 1. The van der Waals surface area contributed by atoms with Crippen molar-refractivity contribution >= 4 is 6.03 Å². The van der Waals surface area contributed by atoms with Crippen LogP contribution in [0, 0.1) is 11.7 Å². The lowest BCUT2D eigenvalue weighted by Crippen LogP contribution is -2.47. The largest absolute Gasteiger partial charge is 0.494 e. The molecule has 1 saturated carbocycles. The van der Waals surface area contributed by atoms with Crippen molar-refractivity contribution in [1.82, 2.24) is 10.2 Å². The third-order valence-corrected chi connectivity index (χ3v) is 4.68. The van der Waals surface area contributed by atoms with Gasteiger partial charge in [0.15, 0.2) is 11.6 Å². The molecule has 0 saturated heterocycles. The van der Waals surface area contributed by atoms with Crippen molar-refractivity contribution in [2.75, 3.05) is 13.7 Å². The summed E-state index contributed by atoms with van der Waals surface area (Å²) in [5.74, 6) is 0.337. The van der Waals surface area contributed by atoms with Crippen molar-refractivity contribution in [3.63, 3.8) is 0 Å². The molecule has 1 aromatic carbocycles. The number of methoxy groups -OCH3 is 1. The standard InChI is InChI=1S/C18H27FN2O2/c1-4-21(12-14-9-10-17(23-3)15(19)11-14)18(22)20-16-8-6-5-7-13(16)2/h9-11,13,16H,4-8,12H2,1-3H3,(H,20,22)/t13-,16+/m0/s1. The van der Waals surface area contributed by atoms with Crippen LogP contribution in [0.5, 0.6) is 5.75 Å². The van der Waals surface area contributed by atoms with Crippen molar-refractivity contribution in [2.24, 2.45) is 5.92 Å². The second kappa shape index (κ2) is 8.18. The highest BCUT2D eigenvalue weighted by atomic mass is 19.1. The average molecular weight is 322 g/mol. The molecule has 0 unspecified atom stereocenters. The molecule has 2 atom stereocenters. The van der Waals surface area contributed by atoms with Crippen molar-refractivity contribution in [1.29, 1.82) is 0 Å². The van der Waals surface area contributed by atoms with Crippen molar-refractivity contribution in [2.45, 2.75) is 52.1 Å². The molecule has 0 bridgehead atoms. The Morgan fingerprint density at radius 2 is 2.13 bits per heavy atom. The van der Waals surface area contributed by atoms with Gasteiger partial charge in [-0.3, -0.25) is 0 Å². The lowest BCUT2D eigenvalue weighted by atomic mass is 9.86. The SMILES string of the molecule is CCN(Cc1ccc(OC)c(F)c1)C(=O)N[C@@H]1CCCC[C@@H]1C. The highest BCUT2D eigenvalue weighted by Crippen LogP contribution is 2.24. The molecular weight excluding hydrogens is 295 g/mol. The number of rotatable bonds is 5. The van der Waals surface area contributed by atoms with Crippen LogP contribution >= 0.6 is 0 Å². The molecule has 2 rings (SSSR count). The third-order valence-electron chi connectivity index (χ3n) is 4.68. The lowest BCUT2D eigenvalue weighted by Gasteiger charge is -2.32. The van der Waals surface area contributed by atoms with Crippen LogP contribution in [0.15, 0.2) is 18.2 Å². The molecule has 4 nitrogen and oxygen atoms in total. The van der Waals surface area contributed by atoms with Gasteiger partial charge >= 0.3 is 6.03 Å². The summed E-state index contributed by atoms with van der Waals surface area (Å²) in [6.07, 6.45) is 4.63. The molecule has 0 aromatic heterocycles. The number of nitrogens with one attached hydrogen (secondary N) is 1. The number of carbonyl (C=O) groups is 1. The van der Waals surface area contributed by atoms with E-state index in [1.165, 1.54) is 32.4 Å². The highest BCUT2D eigenvalue weighted by molar-refractivity contribution is 5.74. The Hall–Kier alpha value is -1.78. The van der Waals surface area contributed by atoms with Crippen LogP contribution in [0.4, 0.5) is 9.18 Å². The van der Waals surface area contributed by atoms with E-state index < -0.39 is 5.82 Å². The zero-order valence-corrected chi connectivity index (χ0v) is 14.3. The van der Waals surface area contributed by atoms with Gasteiger partial charge in [-0.05, 0) is 43.4 Å². The van der Waals surface area contributed by atoms with E-state index in [1.54, 1.807) is 17.0 Å². The Balaban J connectivity index is 1.98. The molecule has 0 spiro atoms. The Bertz CT molecular complexity index is 536. The summed E-state index contributed by atoms with van der Waals surface area (Å²) in [7, 11) is 1.44. The van der Waals surface area contributed by atoms with E-state index in [-0.39, 0.29) is 17.8 Å². The Morgan fingerprint density at radius 1 is 1.39 bits per heavy atom. The van der Waals surface area contributed by atoms with Gasteiger partial charge in [-0.1, -0.05) is 25.8 Å². The van der Waals surface area contributed by atoms with E-state index in [2.05, 4.69) is 12.2 Å². The van der Waals surface area contributed by atoms with Gasteiger partial charge in [0.1, 0.15) is 0 Å². The van der Waals surface area contributed by atoms with E-state index in [0.29, 0.717) is 19.0 Å². The molecule has 0 heterocycles. The summed E-state index contributed by atoms with van der Waals surface area (Å²) in [4.78, 5) is 14.2. The number of hydrogen-bond acceptors (Lipinski definition) is 2. The van der Waals surface area contributed by atoms with Crippen LogP contribution in [0.3, 0.4) is 0 Å².